The van der Waals surface area contributed by atoms with Crippen molar-refractivity contribution in [3.63, 3.8) is 0 Å². The second kappa shape index (κ2) is 10.4. The number of pyridine rings is 2. The Balaban J connectivity index is 1.60. The van der Waals surface area contributed by atoms with Gasteiger partial charge in [-0.15, -0.1) is 0 Å². The van der Waals surface area contributed by atoms with Gasteiger partial charge in [0.1, 0.15) is 28.8 Å². The maximum absolute atomic E-state index is 14.5. The molecular weight excluding hydrogens is 489 g/mol. The second-order valence-electron chi connectivity index (χ2n) is 9.00. The van der Waals surface area contributed by atoms with Crippen molar-refractivity contribution in [2.75, 3.05) is 23.3 Å². The van der Waals surface area contributed by atoms with E-state index in [-0.39, 0.29) is 11.6 Å². The van der Waals surface area contributed by atoms with Crippen molar-refractivity contribution >= 4 is 23.4 Å². The number of rotatable bonds is 5. The number of benzene rings is 1. The lowest BCUT2D eigenvalue weighted by Gasteiger charge is -2.42. The van der Waals surface area contributed by atoms with Crippen molar-refractivity contribution in [2.24, 2.45) is 11.7 Å². The molecule has 0 aliphatic carbocycles. The number of anilines is 2. The van der Waals surface area contributed by atoms with Gasteiger partial charge in [-0.3, -0.25) is 9.78 Å². The maximum atomic E-state index is 14.5. The SMILES string of the molecule is Cc1cc(F)c(-c2nc(C(=O)Nc3cnccc3N3C[C@@H](N)[C@@H](NC(=O)O)[C@@H](C)C3)ccc2F)c(F)c1. The predicted octanol–water partition coefficient (Wildman–Crippen LogP) is 3.54. The molecule has 37 heavy (non-hydrogen) atoms. The third kappa shape index (κ3) is 5.48. The molecule has 3 heterocycles. The Morgan fingerprint density at radius 3 is 2.46 bits per heavy atom. The van der Waals surface area contributed by atoms with Crippen LogP contribution in [0.1, 0.15) is 23.0 Å². The molecule has 194 valence electrons. The van der Waals surface area contributed by atoms with Crippen LogP contribution in [0, 0.1) is 30.3 Å². The first kappa shape index (κ1) is 25.9. The zero-order valence-electron chi connectivity index (χ0n) is 20.0. The van der Waals surface area contributed by atoms with Gasteiger partial charge in [-0.2, -0.15) is 0 Å². The largest absolute Gasteiger partial charge is 0.465 e. The van der Waals surface area contributed by atoms with Gasteiger partial charge in [-0.25, -0.2) is 22.9 Å². The summed E-state index contributed by atoms with van der Waals surface area (Å²) in [6.07, 6.45) is 1.78. The molecule has 0 radical (unpaired) electrons. The Bertz CT molecular complexity index is 1320. The summed E-state index contributed by atoms with van der Waals surface area (Å²) in [6.45, 7) is 4.09. The first-order valence-electron chi connectivity index (χ1n) is 11.4. The number of hydrogen-bond donors (Lipinski definition) is 4. The minimum Gasteiger partial charge on any atom is -0.465 e. The lowest BCUT2D eigenvalue weighted by molar-refractivity contribution is 0.102. The van der Waals surface area contributed by atoms with Crippen LogP contribution in [0.15, 0.2) is 42.7 Å². The summed E-state index contributed by atoms with van der Waals surface area (Å²) < 4.78 is 43.4. The van der Waals surface area contributed by atoms with Gasteiger partial charge in [0.2, 0.25) is 0 Å². The lowest BCUT2D eigenvalue weighted by Crippen LogP contribution is -2.61. The fourth-order valence-corrected chi connectivity index (χ4v) is 4.53. The zero-order chi connectivity index (χ0) is 26.9. The van der Waals surface area contributed by atoms with Crippen LogP contribution in [-0.2, 0) is 0 Å². The van der Waals surface area contributed by atoms with Crippen LogP contribution >= 0.6 is 0 Å². The number of piperidine rings is 1. The summed E-state index contributed by atoms with van der Waals surface area (Å²) in [7, 11) is 0. The number of nitrogens with one attached hydrogen (secondary N) is 2. The van der Waals surface area contributed by atoms with E-state index in [9.17, 15) is 22.8 Å². The Hall–Kier alpha value is -4.19. The van der Waals surface area contributed by atoms with Gasteiger partial charge in [0.05, 0.1) is 29.2 Å². The highest BCUT2D eigenvalue weighted by Crippen LogP contribution is 2.31. The molecule has 0 unspecified atom stereocenters. The zero-order valence-corrected chi connectivity index (χ0v) is 20.0. The monoisotopic (exact) mass is 514 g/mol. The number of hydrogen-bond acceptors (Lipinski definition) is 6. The molecule has 1 aliphatic rings. The number of aryl methyl sites for hydroxylation is 1. The molecular formula is C25H25F3N6O3. The molecule has 0 bridgehead atoms. The summed E-state index contributed by atoms with van der Waals surface area (Å²) in [4.78, 5) is 34.0. The van der Waals surface area contributed by atoms with Crippen molar-refractivity contribution < 1.29 is 27.9 Å². The standard InChI is InChI=1S/C25H25F3N6O3/c1-12-7-15(27)21(16(28)8-12)23-14(26)3-4-18(31-23)24(35)32-19-9-30-6-5-20(19)34-10-13(2)22(17(29)11-34)33-25(36)37/h3-9,13,17,22,33H,10-11,29H2,1-2H3,(H,32,35)(H,36,37)/t13-,17+,22-/m0/s1. The Labute approximate surface area is 210 Å². The van der Waals surface area contributed by atoms with Crippen molar-refractivity contribution in [1.82, 2.24) is 15.3 Å². The summed E-state index contributed by atoms with van der Waals surface area (Å²) >= 11 is 0. The van der Waals surface area contributed by atoms with Gasteiger partial charge >= 0.3 is 6.09 Å². The van der Waals surface area contributed by atoms with Crippen molar-refractivity contribution in [3.05, 3.63) is 71.4 Å². The van der Waals surface area contributed by atoms with E-state index in [1.54, 1.807) is 6.07 Å². The molecule has 0 spiro atoms. The molecule has 2 amide bonds. The molecule has 12 heteroatoms. The fraction of sp³-hybridized carbons (Fsp3) is 0.280. The molecule has 1 saturated heterocycles. The van der Waals surface area contributed by atoms with E-state index >= 15 is 0 Å². The highest BCUT2D eigenvalue weighted by molar-refractivity contribution is 6.04. The topological polar surface area (TPSA) is 133 Å². The van der Waals surface area contributed by atoms with Crippen molar-refractivity contribution in [1.29, 1.82) is 0 Å². The quantitative estimate of drug-likeness (QED) is 0.409. The smallest absolute Gasteiger partial charge is 0.404 e. The minimum absolute atomic E-state index is 0.141. The lowest BCUT2D eigenvalue weighted by atomic mass is 9.90. The Morgan fingerprint density at radius 2 is 1.81 bits per heavy atom. The number of carbonyl (C=O) groups excluding carboxylic acids is 1. The van der Waals surface area contributed by atoms with Gasteiger partial charge in [-0.05, 0) is 48.7 Å². The average molecular weight is 515 g/mol. The highest BCUT2D eigenvalue weighted by atomic mass is 19.1. The normalized spacial score (nSPS) is 19.4. The maximum Gasteiger partial charge on any atom is 0.404 e. The van der Waals surface area contributed by atoms with Crippen LogP contribution in [0.2, 0.25) is 0 Å². The molecule has 1 fully saturated rings. The van der Waals surface area contributed by atoms with Crippen LogP contribution in [0.5, 0.6) is 0 Å². The third-order valence-electron chi connectivity index (χ3n) is 6.19. The molecule has 5 N–H and O–H groups in total. The Morgan fingerprint density at radius 1 is 1.11 bits per heavy atom. The van der Waals surface area contributed by atoms with E-state index in [2.05, 4.69) is 20.6 Å². The highest BCUT2D eigenvalue weighted by Gasteiger charge is 2.34. The van der Waals surface area contributed by atoms with E-state index < -0.39 is 52.8 Å². The predicted molar refractivity (Wildman–Crippen MR) is 131 cm³/mol. The van der Waals surface area contributed by atoms with Crippen LogP contribution in [0.3, 0.4) is 0 Å². The van der Waals surface area contributed by atoms with Gasteiger partial charge < -0.3 is 26.4 Å². The summed E-state index contributed by atoms with van der Waals surface area (Å²) in [5, 5.41) is 14.2. The fourth-order valence-electron chi connectivity index (χ4n) is 4.53. The molecule has 0 saturated carbocycles. The molecule has 4 rings (SSSR count). The number of nitrogens with two attached hydrogens (primary N) is 1. The van der Waals surface area contributed by atoms with E-state index in [4.69, 9.17) is 10.8 Å². The number of carboxylic acid groups (broad SMARTS) is 1. The Kier molecular flexibility index (Phi) is 7.30. The van der Waals surface area contributed by atoms with E-state index in [1.807, 2.05) is 11.8 Å². The number of nitrogens with zero attached hydrogens (tertiary/aromatic N) is 3. The van der Waals surface area contributed by atoms with Crippen LogP contribution in [-0.4, -0.2) is 52.2 Å². The molecule has 2 aromatic heterocycles. The number of carbonyl (C=O) groups is 2. The van der Waals surface area contributed by atoms with Gasteiger partial charge in [0, 0.05) is 25.3 Å². The van der Waals surface area contributed by atoms with Crippen LogP contribution in [0.4, 0.5) is 29.3 Å². The minimum atomic E-state index is -1.16. The molecule has 1 aromatic carbocycles. The summed E-state index contributed by atoms with van der Waals surface area (Å²) in [5.74, 6) is -3.87. The summed E-state index contributed by atoms with van der Waals surface area (Å²) in [6, 6.07) is 4.83. The molecule has 3 atom stereocenters. The number of aromatic nitrogens is 2. The van der Waals surface area contributed by atoms with Gasteiger partial charge in [-0.1, -0.05) is 6.92 Å². The summed E-state index contributed by atoms with van der Waals surface area (Å²) in [5.41, 5.74) is 5.87. The van der Waals surface area contributed by atoms with Gasteiger partial charge in [0.15, 0.2) is 0 Å². The third-order valence-corrected chi connectivity index (χ3v) is 6.19. The van der Waals surface area contributed by atoms with E-state index in [0.717, 1.165) is 24.3 Å². The van der Waals surface area contributed by atoms with Gasteiger partial charge in [0.25, 0.3) is 5.91 Å². The van der Waals surface area contributed by atoms with E-state index in [1.165, 1.54) is 19.3 Å². The molecule has 9 nitrogen and oxygen atoms in total. The number of halogens is 3. The first-order valence-corrected chi connectivity index (χ1v) is 11.4. The van der Waals surface area contributed by atoms with Crippen molar-refractivity contribution in [3.8, 4) is 11.3 Å². The molecule has 1 aliphatic heterocycles. The van der Waals surface area contributed by atoms with Crippen LogP contribution < -0.4 is 21.3 Å². The second-order valence-corrected chi connectivity index (χ2v) is 9.00. The first-order chi connectivity index (χ1) is 17.5. The van der Waals surface area contributed by atoms with Crippen LogP contribution in [0.25, 0.3) is 11.3 Å². The average Bonchev–Trinajstić information content (AvgIpc) is 2.82. The number of amides is 2. The van der Waals surface area contributed by atoms with Crippen molar-refractivity contribution in [2.45, 2.75) is 25.9 Å². The molecule has 3 aromatic rings. The van der Waals surface area contributed by atoms with E-state index in [0.29, 0.717) is 30.0 Å².